The fourth-order valence-corrected chi connectivity index (χ4v) is 5.36. The van der Waals surface area contributed by atoms with Gasteiger partial charge in [0.2, 0.25) is 0 Å². The summed E-state index contributed by atoms with van der Waals surface area (Å²) < 4.78 is 0. The van der Waals surface area contributed by atoms with Crippen LogP contribution in [0.3, 0.4) is 0 Å². The molecule has 2 heteroatoms. The van der Waals surface area contributed by atoms with E-state index < -0.39 is 0 Å². The normalized spacial score (nSPS) is 52.4. The van der Waals surface area contributed by atoms with E-state index in [9.17, 15) is 10.2 Å². The van der Waals surface area contributed by atoms with Crippen molar-refractivity contribution in [2.75, 3.05) is 13.2 Å². The summed E-state index contributed by atoms with van der Waals surface area (Å²) in [5, 5.41) is 18.9. The molecule has 4 saturated carbocycles. The highest BCUT2D eigenvalue weighted by Crippen LogP contribution is 2.66. The minimum absolute atomic E-state index is 0.249. The zero-order chi connectivity index (χ0) is 10.5. The van der Waals surface area contributed by atoms with Crippen molar-refractivity contribution >= 4 is 0 Å². The monoisotopic (exact) mass is 210 g/mol. The molecule has 0 aromatic heterocycles. The number of aliphatic hydroxyl groups excluding tert-OH is 2. The van der Waals surface area contributed by atoms with Gasteiger partial charge < -0.3 is 10.2 Å². The molecule has 0 saturated heterocycles. The third-order valence-electron chi connectivity index (χ3n) is 5.28. The average Bonchev–Trinajstić information content (AvgIpc) is 2.15. The van der Waals surface area contributed by atoms with Crippen LogP contribution in [-0.4, -0.2) is 23.4 Å². The number of aliphatic hydroxyl groups is 2. The molecule has 4 aliphatic carbocycles. The summed E-state index contributed by atoms with van der Waals surface area (Å²) in [6.07, 6.45) is 8.72. The molecule has 0 heterocycles. The highest BCUT2D eigenvalue weighted by Gasteiger charge is 2.56. The summed E-state index contributed by atoms with van der Waals surface area (Å²) in [5.74, 6) is 1.70. The standard InChI is InChI=1S/C13H22O2/c14-2-1-12-4-10-3-11(5-12)7-13(6-10,8-12)9-15/h10-11,14-15H,1-9H2/t10-,11+,12?,13?. The summed E-state index contributed by atoms with van der Waals surface area (Å²) in [6.45, 7) is 0.716. The van der Waals surface area contributed by atoms with Crippen LogP contribution in [-0.2, 0) is 0 Å². The molecule has 4 atom stereocenters. The molecule has 0 aromatic rings. The molecule has 0 amide bonds. The second-order valence-corrected chi connectivity index (χ2v) is 6.59. The molecular formula is C13H22O2. The van der Waals surface area contributed by atoms with Gasteiger partial charge >= 0.3 is 0 Å². The second-order valence-electron chi connectivity index (χ2n) is 6.59. The Labute approximate surface area is 91.7 Å². The van der Waals surface area contributed by atoms with E-state index in [1.807, 2.05) is 0 Å². The van der Waals surface area contributed by atoms with Crippen LogP contribution in [0.2, 0.25) is 0 Å². The summed E-state index contributed by atoms with van der Waals surface area (Å²) in [6, 6.07) is 0. The fourth-order valence-electron chi connectivity index (χ4n) is 5.36. The molecule has 0 aliphatic heterocycles. The van der Waals surface area contributed by atoms with Gasteiger partial charge in [-0.15, -0.1) is 0 Å². The molecule has 15 heavy (non-hydrogen) atoms. The van der Waals surface area contributed by atoms with Crippen molar-refractivity contribution in [2.24, 2.45) is 22.7 Å². The van der Waals surface area contributed by atoms with Crippen LogP contribution < -0.4 is 0 Å². The quantitative estimate of drug-likeness (QED) is 0.747. The van der Waals surface area contributed by atoms with E-state index in [1.165, 1.54) is 38.5 Å². The van der Waals surface area contributed by atoms with Gasteiger partial charge in [0.1, 0.15) is 0 Å². The third kappa shape index (κ3) is 1.45. The van der Waals surface area contributed by atoms with E-state index in [2.05, 4.69) is 0 Å². The van der Waals surface area contributed by atoms with Gasteiger partial charge in [-0.1, -0.05) is 0 Å². The molecule has 0 radical (unpaired) electrons. The predicted octanol–water partition coefficient (Wildman–Crippen LogP) is 1.95. The number of hydrogen-bond donors (Lipinski definition) is 2. The van der Waals surface area contributed by atoms with Crippen LogP contribution >= 0.6 is 0 Å². The van der Waals surface area contributed by atoms with Crippen molar-refractivity contribution in [1.82, 2.24) is 0 Å². The molecule has 4 rings (SSSR count). The number of hydrogen-bond acceptors (Lipinski definition) is 2. The maximum Gasteiger partial charge on any atom is 0.0487 e. The Balaban J connectivity index is 1.88. The van der Waals surface area contributed by atoms with E-state index >= 15 is 0 Å². The molecule has 0 spiro atoms. The Hall–Kier alpha value is -0.0800. The van der Waals surface area contributed by atoms with Gasteiger partial charge in [0.25, 0.3) is 0 Å². The van der Waals surface area contributed by atoms with Crippen LogP contribution in [0.15, 0.2) is 0 Å². The van der Waals surface area contributed by atoms with Crippen LogP contribution in [0.25, 0.3) is 0 Å². The predicted molar refractivity (Wildman–Crippen MR) is 58.3 cm³/mol. The fraction of sp³-hybridized carbons (Fsp3) is 1.00. The minimum atomic E-state index is 0.249. The van der Waals surface area contributed by atoms with Gasteiger partial charge in [-0.25, -0.2) is 0 Å². The lowest BCUT2D eigenvalue weighted by Crippen LogP contribution is -2.53. The summed E-state index contributed by atoms with van der Waals surface area (Å²) in [7, 11) is 0. The highest BCUT2D eigenvalue weighted by atomic mass is 16.3. The maximum absolute atomic E-state index is 9.65. The van der Waals surface area contributed by atoms with Gasteiger partial charge in [0, 0.05) is 13.2 Å². The van der Waals surface area contributed by atoms with E-state index in [-0.39, 0.29) is 5.41 Å². The van der Waals surface area contributed by atoms with Crippen molar-refractivity contribution in [3.8, 4) is 0 Å². The van der Waals surface area contributed by atoms with Crippen molar-refractivity contribution < 1.29 is 10.2 Å². The average molecular weight is 210 g/mol. The van der Waals surface area contributed by atoms with E-state index in [0.717, 1.165) is 18.3 Å². The van der Waals surface area contributed by atoms with Crippen LogP contribution in [0.1, 0.15) is 44.9 Å². The Bertz CT molecular complexity index is 247. The van der Waals surface area contributed by atoms with Gasteiger partial charge in [0.05, 0.1) is 0 Å². The summed E-state index contributed by atoms with van der Waals surface area (Å²) in [4.78, 5) is 0. The van der Waals surface area contributed by atoms with Crippen molar-refractivity contribution in [2.45, 2.75) is 44.9 Å². The molecule has 2 N–H and O–H groups in total. The maximum atomic E-state index is 9.65. The topological polar surface area (TPSA) is 40.5 Å². The van der Waals surface area contributed by atoms with E-state index in [1.54, 1.807) is 0 Å². The van der Waals surface area contributed by atoms with Crippen LogP contribution in [0.4, 0.5) is 0 Å². The first-order valence-electron chi connectivity index (χ1n) is 6.41. The molecule has 0 aromatic carbocycles. The Morgan fingerprint density at radius 1 is 0.933 bits per heavy atom. The molecule has 4 aliphatic rings. The first-order chi connectivity index (χ1) is 7.19. The highest BCUT2D eigenvalue weighted by molar-refractivity contribution is 5.07. The summed E-state index contributed by atoms with van der Waals surface area (Å²) in [5.41, 5.74) is 0.654. The lowest BCUT2D eigenvalue weighted by molar-refractivity contribution is -0.135. The molecule has 86 valence electrons. The molecule has 2 nitrogen and oxygen atoms in total. The minimum Gasteiger partial charge on any atom is -0.396 e. The largest absolute Gasteiger partial charge is 0.396 e. The van der Waals surface area contributed by atoms with Crippen molar-refractivity contribution in [3.05, 3.63) is 0 Å². The zero-order valence-electron chi connectivity index (χ0n) is 9.41. The smallest absolute Gasteiger partial charge is 0.0487 e. The molecular weight excluding hydrogens is 188 g/mol. The zero-order valence-corrected chi connectivity index (χ0v) is 9.41. The first kappa shape index (κ1) is 10.1. The Kier molecular flexibility index (Phi) is 2.16. The van der Waals surface area contributed by atoms with Crippen molar-refractivity contribution in [3.63, 3.8) is 0 Å². The Morgan fingerprint density at radius 2 is 1.53 bits per heavy atom. The van der Waals surface area contributed by atoms with Gasteiger partial charge in [-0.2, -0.15) is 0 Å². The Morgan fingerprint density at radius 3 is 2.07 bits per heavy atom. The second kappa shape index (κ2) is 3.21. The number of rotatable bonds is 3. The van der Waals surface area contributed by atoms with E-state index in [4.69, 9.17) is 0 Å². The molecule has 4 fully saturated rings. The molecule has 2 unspecified atom stereocenters. The SMILES string of the molecule is OCCC12C[C@@H]3C[C@@H](CC(CO)(C3)C1)C2. The van der Waals surface area contributed by atoms with Gasteiger partial charge in [0.15, 0.2) is 0 Å². The van der Waals surface area contributed by atoms with E-state index in [0.29, 0.717) is 18.6 Å². The van der Waals surface area contributed by atoms with Crippen LogP contribution in [0.5, 0.6) is 0 Å². The lowest BCUT2D eigenvalue weighted by atomic mass is 9.44. The van der Waals surface area contributed by atoms with Gasteiger partial charge in [-0.3, -0.25) is 0 Å². The molecule has 4 bridgehead atoms. The van der Waals surface area contributed by atoms with Crippen LogP contribution in [0, 0.1) is 22.7 Å². The lowest BCUT2D eigenvalue weighted by Gasteiger charge is -2.62. The van der Waals surface area contributed by atoms with Gasteiger partial charge in [-0.05, 0) is 67.6 Å². The van der Waals surface area contributed by atoms with Crippen molar-refractivity contribution in [1.29, 1.82) is 0 Å². The third-order valence-corrected chi connectivity index (χ3v) is 5.28. The first-order valence-corrected chi connectivity index (χ1v) is 6.41. The summed E-state index contributed by atoms with van der Waals surface area (Å²) >= 11 is 0.